The zero-order chi connectivity index (χ0) is 16.7. The molecule has 132 valence electrons. The third-order valence-electron chi connectivity index (χ3n) is 3.54. The summed E-state index contributed by atoms with van der Waals surface area (Å²) in [6.07, 6.45) is 1.18. The average molecular weight is 433 g/mol. The Kier molecular flexibility index (Phi) is 9.75. The van der Waals surface area contributed by atoms with Crippen molar-refractivity contribution < 1.29 is 4.74 Å². The highest BCUT2D eigenvalue weighted by atomic mass is 79.9. The van der Waals surface area contributed by atoms with Gasteiger partial charge in [0.2, 0.25) is 0 Å². The molecule has 2 aromatic carbocycles. The molecule has 2 aromatic rings. The molecule has 0 aliphatic carbocycles. The van der Waals surface area contributed by atoms with Gasteiger partial charge >= 0.3 is 0 Å². The van der Waals surface area contributed by atoms with E-state index in [1.807, 2.05) is 36.4 Å². The zero-order valence-electron chi connectivity index (χ0n) is 14.0. The number of halogens is 3. The van der Waals surface area contributed by atoms with E-state index in [1.165, 1.54) is 6.42 Å². The molecule has 0 spiro atoms. The first kappa shape index (κ1) is 21.3. The number of hydrogen-bond acceptors (Lipinski definition) is 2. The maximum absolute atomic E-state index is 5.99. The van der Waals surface area contributed by atoms with E-state index in [-0.39, 0.29) is 12.4 Å². The van der Waals surface area contributed by atoms with Gasteiger partial charge in [-0.3, -0.25) is 0 Å². The van der Waals surface area contributed by atoms with Crippen LogP contribution in [0.1, 0.15) is 31.4 Å². The van der Waals surface area contributed by atoms with Crippen LogP contribution in [0.4, 0.5) is 0 Å². The minimum atomic E-state index is 0. The molecule has 0 atom stereocenters. The smallest absolute Gasteiger partial charge is 0.124 e. The molecule has 2 rings (SSSR count). The van der Waals surface area contributed by atoms with Crippen molar-refractivity contribution in [3.05, 3.63) is 63.1 Å². The summed E-state index contributed by atoms with van der Waals surface area (Å²) in [5.41, 5.74) is 2.27. The fraction of sp³-hybridized carbons (Fsp3) is 0.368. The molecular formula is C19H24BrCl2NO. The van der Waals surface area contributed by atoms with Gasteiger partial charge in [0.15, 0.2) is 0 Å². The van der Waals surface area contributed by atoms with Crippen molar-refractivity contribution in [2.75, 3.05) is 6.54 Å². The first-order chi connectivity index (χ1) is 11.0. The first-order valence-corrected chi connectivity index (χ1v) is 9.08. The largest absolute Gasteiger partial charge is 0.489 e. The molecule has 0 saturated carbocycles. The molecule has 24 heavy (non-hydrogen) atoms. The molecule has 0 heterocycles. The van der Waals surface area contributed by atoms with Crippen molar-refractivity contribution >= 4 is 39.9 Å². The van der Waals surface area contributed by atoms with Gasteiger partial charge in [-0.2, -0.15) is 0 Å². The molecule has 0 unspecified atom stereocenters. The molecule has 0 amide bonds. The van der Waals surface area contributed by atoms with Crippen LogP contribution in [-0.4, -0.2) is 6.54 Å². The summed E-state index contributed by atoms with van der Waals surface area (Å²) in [6.45, 7) is 6.84. The molecule has 5 heteroatoms. The Morgan fingerprint density at radius 3 is 2.50 bits per heavy atom. The van der Waals surface area contributed by atoms with Gasteiger partial charge in [-0.05, 0) is 54.8 Å². The first-order valence-electron chi connectivity index (χ1n) is 7.91. The van der Waals surface area contributed by atoms with Gasteiger partial charge < -0.3 is 10.1 Å². The normalized spacial score (nSPS) is 10.5. The third kappa shape index (κ3) is 7.43. The lowest BCUT2D eigenvalue weighted by molar-refractivity contribution is 0.302. The van der Waals surface area contributed by atoms with Gasteiger partial charge in [0, 0.05) is 21.6 Å². The maximum atomic E-state index is 5.99. The van der Waals surface area contributed by atoms with Crippen LogP contribution in [0.15, 0.2) is 46.9 Å². The number of rotatable bonds is 8. The SMILES string of the molecule is CC(C)CCNCc1cc(Br)ccc1OCc1ccc(Cl)cc1.Cl. The van der Waals surface area contributed by atoms with Crippen LogP contribution in [0.25, 0.3) is 0 Å². The predicted molar refractivity (Wildman–Crippen MR) is 108 cm³/mol. The molecule has 0 aromatic heterocycles. The van der Waals surface area contributed by atoms with E-state index in [0.717, 1.165) is 39.5 Å². The summed E-state index contributed by atoms with van der Waals surface area (Å²) < 4.78 is 7.06. The Hall–Kier alpha value is -0.740. The van der Waals surface area contributed by atoms with E-state index in [4.69, 9.17) is 16.3 Å². The molecule has 0 fully saturated rings. The van der Waals surface area contributed by atoms with Crippen molar-refractivity contribution in [1.29, 1.82) is 0 Å². The zero-order valence-corrected chi connectivity index (χ0v) is 17.2. The van der Waals surface area contributed by atoms with E-state index >= 15 is 0 Å². The maximum Gasteiger partial charge on any atom is 0.124 e. The lowest BCUT2D eigenvalue weighted by Gasteiger charge is -2.13. The van der Waals surface area contributed by atoms with Crippen molar-refractivity contribution in [3.8, 4) is 5.75 Å². The summed E-state index contributed by atoms with van der Waals surface area (Å²) in [7, 11) is 0. The van der Waals surface area contributed by atoms with E-state index in [1.54, 1.807) is 0 Å². The molecule has 0 radical (unpaired) electrons. The van der Waals surface area contributed by atoms with Crippen molar-refractivity contribution in [3.63, 3.8) is 0 Å². The topological polar surface area (TPSA) is 21.3 Å². The van der Waals surface area contributed by atoms with Gasteiger partial charge in [-0.25, -0.2) is 0 Å². The monoisotopic (exact) mass is 431 g/mol. The van der Waals surface area contributed by atoms with Crippen LogP contribution in [0.2, 0.25) is 5.02 Å². The minimum absolute atomic E-state index is 0. The van der Waals surface area contributed by atoms with Gasteiger partial charge in [0.1, 0.15) is 12.4 Å². The summed E-state index contributed by atoms with van der Waals surface area (Å²) in [5, 5.41) is 4.23. The highest BCUT2D eigenvalue weighted by Gasteiger charge is 2.06. The van der Waals surface area contributed by atoms with Crippen LogP contribution in [0.5, 0.6) is 5.75 Å². The second kappa shape index (κ2) is 11.0. The van der Waals surface area contributed by atoms with Crippen molar-refractivity contribution in [2.24, 2.45) is 5.92 Å². The summed E-state index contributed by atoms with van der Waals surface area (Å²) in [4.78, 5) is 0. The summed E-state index contributed by atoms with van der Waals surface area (Å²) in [6, 6.07) is 13.9. The second-order valence-corrected chi connectivity index (χ2v) is 7.38. The van der Waals surface area contributed by atoms with E-state index in [0.29, 0.717) is 12.5 Å². The number of ether oxygens (including phenoxy) is 1. The molecule has 0 aliphatic rings. The minimum Gasteiger partial charge on any atom is -0.489 e. The lowest BCUT2D eigenvalue weighted by atomic mass is 10.1. The average Bonchev–Trinajstić information content (AvgIpc) is 2.52. The Labute approximate surface area is 164 Å². The van der Waals surface area contributed by atoms with E-state index in [9.17, 15) is 0 Å². The fourth-order valence-corrected chi connectivity index (χ4v) is 2.72. The van der Waals surface area contributed by atoms with E-state index < -0.39 is 0 Å². The second-order valence-electron chi connectivity index (χ2n) is 6.03. The van der Waals surface area contributed by atoms with Gasteiger partial charge in [0.05, 0.1) is 0 Å². The standard InChI is InChI=1S/C19H23BrClNO.ClH/c1-14(2)9-10-22-12-16-11-17(20)5-8-19(16)23-13-15-3-6-18(21)7-4-15;/h3-8,11,14,22H,9-10,12-13H2,1-2H3;1H. The molecule has 1 N–H and O–H groups in total. The van der Waals surface area contributed by atoms with Gasteiger partial charge in [0.25, 0.3) is 0 Å². The van der Waals surface area contributed by atoms with Crippen LogP contribution in [-0.2, 0) is 13.2 Å². The van der Waals surface area contributed by atoms with Crippen LogP contribution < -0.4 is 10.1 Å². The lowest BCUT2D eigenvalue weighted by Crippen LogP contribution is -2.17. The number of nitrogens with one attached hydrogen (secondary N) is 1. The number of benzene rings is 2. The summed E-state index contributed by atoms with van der Waals surface area (Å²) in [5.74, 6) is 1.63. The van der Waals surface area contributed by atoms with Gasteiger partial charge in [-0.15, -0.1) is 12.4 Å². The molecule has 2 nitrogen and oxygen atoms in total. The quantitative estimate of drug-likeness (QED) is 0.498. The van der Waals surface area contributed by atoms with Crippen LogP contribution >= 0.6 is 39.9 Å². The predicted octanol–water partition coefficient (Wildman–Crippen LogP) is 6.24. The van der Waals surface area contributed by atoms with Gasteiger partial charge in [-0.1, -0.05) is 53.5 Å². The summed E-state index contributed by atoms with van der Waals surface area (Å²) >= 11 is 9.44. The van der Waals surface area contributed by atoms with Crippen LogP contribution in [0, 0.1) is 5.92 Å². The van der Waals surface area contributed by atoms with E-state index in [2.05, 4.69) is 41.2 Å². The third-order valence-corrected chi connectivity index (χ3v) is 4.29. The molecule has 0 aliphatic heterocycles. The molecular weight excluding hydrogens is 409 g/mol. The van der Waals surface area contributed by atoms with Crippen molar-refractivity contribution in [2.45, 2.75) is 33.4 Å². The Morgan fingerprint density at radius 2 is 1.83 bits per heavy atom. The Balaban J connectivity index is 0.00000288. The van der Waals surface area contributed by atoms with Crippen LogP contribution in [0.3, 0.4) is 0 Å². The molecule has 0 saturated heterocycles. The highest BCUT2D eigenvalue weighted by Crippen LogP contribution is 2.24. The fourth-order valence-electron chi connectivity index (χ4n) is 2.18. The Morgan fingerprint density at radius 1 is 1.12 bits per heavy atom. The molecule has 0 bridgehead atoms. The Bertz CT molecular complexity index is 617. The highest BCUT2D eigenvalue weighted by molar-refractivity contribution is 9.10. The van der Waals surface area contributed by atoms with Crippen molar-refractivity contribution in [1.82, 2.24) is 5.32 Å². The number of hydrogen-bond donors (Lipinski definition) is 1.